The number of methoxy groups -OCH3 is 1. The van der Waals surface area contributed by atoms with E-state index in [0.717, 1.165) is 15.8 Å². The number of amides is 1. The zero-order valence-electron chi connectivity index (χ0n) is 14.8. The number of para-hydroxylation sites is 2. The van der Waals surface area contributed by atoms with E-state index in [4.69, 9.17) is 4.74 Å². The van der Waals surface area contributed by atoms with Crippen LogP contribution in [0.3, 0.4) is 0 Å². The molecule has 1 amide bonds. The van der Waals surface area contributed by atoms with Gasteiger partial charge in [-0.15, -0.1) is 0 Å². The van der Waals surface area contributed by atoms with Gasteiger partial charge in [0.05, 0.1) is 23.0 Å². The monoisotopic (exact) mass is 368 g/mol. The normalized spacial score (nSPS) is 12.7. The predicted molar refractivity (Wildman–Crippen MR) is 106 cm³/mol. The lowest BCUT2D eigenvalue weighted by Gasteiger charge is -2.12. The van der Waals surface area contributed by atoms with Crippen molar-refractivity contribution >= 4 is 38.3 Å². The number of thiazole rings is 1. The van der Waals surface area contributed by atoms with Crippen molar-refractivity contribution in [2.75, 3.05) is 12.4 Å². The maximum atomic E-state index is 12.3. The Kier molecular flexibility index (Phi) is 5.48. The number of rotatable bonds is 6. The smallest absolute Gasteiger partial charge is 0.262 e. The minimum Gasteiger partial charge on any atom is -0.496 e. The van der Waals surface area contributed by atoms with Crippen LogP contribution in [0.1, 0.15) is 19.4 Å². The quantitative estimate of drug-likeness (QED) is 0.514. The third-order valence-corrected chi connectivity index (χ3v) is 4.83. The summed E-state index contributed by atoms with van der Waals surface area (Å²) in [6.07, 6.45) is 0. The number of nitrogens with one attached hydrogen (secondary N) is 2. The summed E-state index contributed by atoms with van der Waals surface area (Å²) < 4.78 is 6.39. The fourth-order valence-electron chi connectivity index (χ4n) is 2.42. The summed E-state index contributed by atoms with van der Waals surface area (Å²) in [5, 5.41) is 8.01. The highest BCUT2D eigenvalue weighted by atomic mass is 32.1. The zero-order valence-corrected chi connectivity index (χ0v) is 15.6. The topological polar surface area (TPSA) is 75.6 Å². The van der Waals surface area contributed by atoms with Crippen molar-refractivity contribution in [3.8, 4) is 5.75 Å². The Morgan fingerprint density at radius 2 is 1.92 bits per heavy atom. The third kappa shape index (κ3) is 4.00. The maximum Gasteiger partial charge on any atom is 0.262 e. The number of anilines is 1. The van der Waals surface area contributed by atoms with Crippen LogP contribution >= 0.6 is 11.3 Å². The minimum atomic E-state index is -0.468. The van der Waals surface area contributed by atoms with Crippen LogP contribution in [0.2, 0.25) is 0 Å². The molecule has 0 aliphatic rings. The van der Waals surface area contributed by atoms with Crippen molar-refractivity contribution in [3.63, 3.8) is 0 Å². The van der Waals surface area contributed by atoms with Gasteiger partial charge in [0, 0.05) is 5.56 Å². The molecule has 3 aromatic rings. The second kappa shape index (κ2) is 7.97. The van der Waals surface area contributed by atoms with Gasteiger partial charge in [-0.25, -0.2) is 10.4 Å². The van der Waals surface area contributed by atoms with Crippen molar-refractivity contribution < 1.29 is 9.53 Å². The molecule has 7 heteroatoms. The molecule has 6 nitrogen and oxygen atoms in total. The largest absolute Gasteiger partial charge is 0.496 e. The van der Waals surface area contributed by atoms with Gasteiger partial charge < -0.3 is 10.1 Å². The number of nitrogens with zero attached hydrogens (tertiary/aromatic N) is 2. The highest BCUT2D eigenvalue weighted by molar-refractivity contribution is 7.22. The fraction of sp³-hybridized carbons (Fsp3) is 0.211. The molecule has 0 fully saturated rings. The van der Waals surface area contributed by atoms with Crippen LogP contribution in [-0.2, 0) is 4.79 Å². The SMILES string of the molecule is COc1ccccc1/C(C)=N\NC(=O)[C@@H](C)Nc1nc2ccccc2s1. The first-order valence-electron chi connectivity index (χ1n) is 8.18. The average molecular weight is 368 g/mol. The summed E-state index contributed by atoms with van der Waals surface area (Å²) in [5.74, 6) is 0.474. The van der Waals surface area contributed by atoms with Crippen LogP contribution in [0.5, 0.6) is 5.75 Å². The van der Waals surface area contributed by atoms with Crippen molar-refractivity contribution in [1.29, 1.82) is 0 Å². The molecule has 0 saturated carbocycles. The summed E-state index contributed by atoms with van der Waals surface area (Å²) in [6.45, 7) is 3.60. The number of hydrogen-bond donors (Lipinski definition) is 2. The van der Waals surface area contributed by atoms with E-state index in [1.54, 1.807) is 14.0 Å². The van der Waals surface area contributed by atoms with Crippen LogP contribution in [0.4, 0.5) is 5.13 Å². The minimum absolute atomic E-state index is 0.237. The molecule has 3 rings (SSSR count). The van der Waals surface area contributed by atoms with Crippen molar-refractivity contribution in [2.45, 2.75) is 19.9 Å². The molecule has 2 N–H and O–H groups in total. The Morgan fingerprint density at radius 3 is 2.69 bits per heavy atom. The molecule has 1 heterocycles. The number of carbonyl (C=O) groups excluding carboxylic acids is 1. The second-order valence-electron chi connectivity index (χ2n) is 5.73. The third-order valence-electron chi connectivity index (χ3n) is 3.86. The number of carbonyl (C=O) groups is 1. The molecule has 0 aliphatic heterocycles. The molecule has 2 aromatic carbocycles. The van der Waals surface area contributed by atoms with E-state index >= 15 is 0 Å². The first kappa shape index (κ1) is 17.9. The van der Waals surface area contributed by atoms with E-state index in [0.29, 0.717) is 16.6 Å². The van der Waals surface area contributed by atoms with E-state index in [9.17, 15) is 4.79 Å². The molecule has 0 unspecified atom stereocenters. The lowest BCUT2D eigenvalue weighted by molar-refractivity contribution is -0.121. The Morgan fingerprint density at radius 1 is 1.19 bits per heavy atom. The van der Waals surface area contributed by atoms with E-state index in [1.165, 1.54) is 11.3 Å². The van der Waals surface area contributed by atoms with Gasteiger partial charge in [-0.2, -0.15) is 5.10 Å². The maximum absolute atomic E-state index is 12.3. The van der Waals surface area contributed by atoms with Gasteiger partial charge in [-0.3, -0.25) is 4.79 Å². The van der Waals surface area contributed by atoms with Crippen LogP contribution in [0.15, 0.2) is 53.6 Å². The molecule has 0 radical (unpaired) electrons. The number of fused-ring (bicyclic) bond motifs is 1. The second-order valence-corrected chi connectivity index (χ2v) is 6.76. The summed E-state index contributed by atoms with van der Waals surface area (Å²) in [4.78, 5) is 16.8. The molecule has 0 spiro atoms. The van der Waals surface area contributed by atoms with Gasteiger partial charge >= 0.3 is 0 Å². The molecule has 0 saturated heterocycles. The van der Waals surface area contributed by atoms with E-state index in [2.05, 4.69) is 20.8 Å². The number of ether oxygens (including phenoxy) is 1. The van der Waals surface area contributed by atoms with Gasteiger partial charge in [-0.1, -0.05) is 35.6 Å². The summed E-state index contributed by atoms with van der Waals surface area (Å²) >= 11 is 1.51. The van der Waals surface area contributed by atoms with Gasteiger partial charge in [0.15, 0.2) is 5.13 Å². The Labute approximate surface area is 155 Å². The van der Waals surface area contributed by atoms with Crippen LogP contribution in [0.25, 0.3) is 10.2 Å². The molecular weight excluding hydrogens is 348 g/mol. The Hall–Kier alpha value is -2.93. The Balaban J connectivity index is 1.65. The standard InChI is InChI=1S/C19H20N4O2S/c1-12(14-8-4-6-10-16(14)25-3)22-23-18(24)13(2)20-19-21-15-9-5-7-11-17(15)26-19/h4-11,13H,1-3H3,(H,20,21)(H,23,24)/b22-12-/t13-/m1/s1. The molecule has 134 valence electrons. The zero-order chi connectivity index (χ0) is 18.5. The number of aromatic nitrogens is 1. The summed E-state index contributed by atoms with van der Waals surface area (Å²) in [6, 6.07) is 14.9. The fourth-order valence-corrected chi connectivity index (χ4v) is 3.38. The van der Waals surface area contributed by atoms with Gasteiger partial charge in [0.25, 0.3) is 5.91 Å². The molecule has 26 heavy (non-hydrogen) atoms. The molecule has 0 aliphatic carbocycles. The number of hydrogen-bond acceptors (Lipinski definition) is 6. The highest BCUT2D eigenvalue weighted by Gasteiger charge is 2.15. The summed E-state index contributed by atoms with van der Waals surface area (Å²) in [7, 11) is 1.61. The van der Waals surface area contributed by atoms with Crippen molar-refractivity contribution in [3.05, 3.63) is 54.1 Å². The van der Waals surface area contributed by atoms with Crippen LogP contribution < -0.4 is 15.5 Å². The van der Waals surface area contributed by atoms with Crippen LogP contribution in [-0.4, -0.2) is 29.8 Å². The van der Waals surface area contributed by atoms with Gasteiger partial charge in [0.1, 0.15) is 11.8 Å². The highest BCUT2D eigenvalue weighted by Crippen LogP contribution is 2.25. The van der Waals surface area contributed by atoms with Gasteiger partial charge in [-0.05, 0) is 38.1 Å². The average Bonchev–Trinajstić information content (AvgIpc) is 3.07. The van der Waals surface area contributed by atoms with E-state index in [-0.39, 0.29) is 5.91 Å². The molecule has 1 aromatic heterocycles. The lowest BCUT2D eigenvalue weighted by atomic mass is 10.1. The summed E-state index contributed by atoms with van der Waals surface area (Å²) in [5.41, 5.74) is 5.01. The lowest BCUT2D eigenvalue weighted by Crippen LogP contribution is -2.35. The van der Waals surface area contributed by atoms with E-state index < -0.39 is 6.04 Å². The van der Waals surface area contributed by atoms with Crippen molar-refractivity contribution in [1.82, 2.24) is 10.4 Å². The van der Waals surface area contributed by atoms with E-state index in [1.807, 2.05) is 55.5 Å². The first-order chi connectivity index (χ1) is 12.6. The van der Waals surface area contributed by atoms with Gasteiger partial charge in [0.2, 0.25) is 0 Å². The predicted octanol–water partition coefficient (Wildman–Crippen LogP) is 3.65. The first-order valence-corrected chi connectivity index (χ1v) is 9.00. The Bertz CT molecular complexity index is 918. The number of benzene rings is 2. The molecular formula is C19H20N4O2S. The van der Waals surface area contributed by atoms with Crippen molar-refractivity contribution in [2.24, 2.45) is 5.10 Å². The molecule has 1 atom stereocenters. The number of hydrazone groups is 1. The van der Waals surface area contributed by atoms with Crippen LogP contribution in [0, 0.1) is 0 Å². The molecule has 0 bridgehead atoms.